The van der Waals surface area contributed by atoms with Gasteiger partial charge in [0.1, 0.15) is 28.0 Å². The molecule has 0 amide bonds. The molecule has 9 aromatic carbocycles. The van der Waals surface area contributed by atoms with Gasteiger partial charge in [-0.3, -0.25) is 0 Å². The quantitative estimate of drug-likeness (QED) is 0.163. The van der Waals surface area contributed by atoms with Crippen molar-refractivity contribution in [3.8, 4) is 16.8 Å². The Bertz CT molecular complexity index is 3960. The molecular weight excluding hydrogens is 759 g/mol. The van der Waals surface area contributed by atoms with Crippen molar-refractivity contribution in [1.29, 1.82) is 0 Å². The third kappa shape index (κ3) is 5.36. The zero-order chi connectivity index (χ0) is 40.7. The molecule has 4 heterocycles. The number of amidine groups is 1. The summed E-state index contributed by atoms with van der Waals surface area (Å²) in [5, 5.41) is 8.89. The molecule has 0 N–H and O–H groups in total. The van der Waals surface area contributed by atoms with Crippen molar-refractivity contribution in [1.82, 2.24) is 4.57 Å². The lowest BCUT2D eigenvalue weighted by Gasteiger charge is -2.16. The zero-order valence-corrected chi connectivity index (χ0v) is 33.2. The molecule has 0 aliphatic carbocycles. The molecule has 5 nitrogen and oxygen atoms in total. The van der Waals surface area contributed by atoms with E-state index in [2.05, 4.69) is 168 Å². The Morgan fingerprint density at radius 1 is 0.403 bits per heavy atom. The van der Waals surface area contributed by atoms with Gasteiger partial charge in [-0.15, -0.1) is 0 Å². The summed E-state index contributed by atoms with van der Waals surface area (Å²) < 4.78 is 15.4. The Kier molecular flexibility index (Phi) is 7.49. The van der Waals surface area contributed by atoms with Crippen LogP contribution in [0.15, 0.2) is 225 Å². The molecule has 288 valence electrons. The van der Waals surface area contributed by atoms with Gasteiger partial charge in [-0.25, -0.2) is 9.98 Å². The van der Waals surface area contributed by atoms with Gasteiger partial charge in [0.25, 0.3) is 0 Å². The minimum atomic E-state index is 0.579. The number of aromatic nitrogens is 1. The molecule has 3 aromatic heterocycles. The first-order valence-corrected chi connectivity index (χ1v) is 20.8. The van der Waals surface area contributed by atoms with E-state index in [-0.39, 0.29) is 0 Å². The predicted molar refractivity (Wildman–Crippen MR) is 256 cm³/mol. The van der Waals surface area contributed by atoms with Gasteiger partial charge in [-0.2, -0.15) is 0 Å². The van der Waals surface area contributed by atoms with Crippen molar-refractivity contribution in [2.75, 3.05) is 0 Å². The van der Waals surface area contributed by atoms with Gasteiger partial charge in [0.2, 0.25) is 0 Å². The Morgan fingerprint density at radius 3 is 1.95 bits per heavy atom. The van der Waals surface area contributed by atoms with Gasteiger partial charge in [0.05, 0.1) is 27.8 Å². The van der Waals surface area contributed by atoms with Crippen LogP contribution >= 0.6 is 0 Å². The van der Waals surface area contributed by atoms with E-state index >= 15 is 0 Å². The number of hydrogen-bond donors (Lipinski definition) is 0. The van der Waals surface area contributed by atoms with Gasteiger partial charge in [-0.05, 0) is 82.6 Å². The van der Waals surface area contributed by atoms with E-state index in [0.29, 0.717) is 11.5 Å². The van der Waals surface area contributed by atoms with Gasteiger partial charge in [-0.1, -0.05) is 139 Å². The minimum Gasteiger partial charge on any atom is -0.456 e. The fraction of sp³-hybridized carbons (Fsp3) is 0. The standard InChI is InChI=1S/C57H33N3O2/c1-2-13-35(14-3-1)36-17-12-18-40(31-36)57-58-47(39-25-26-43-42-20-7-10-23-51(42)62-54(43)34-39)28-29-48(59-57)44-27-30-53-55(45-21-8-11-24-52(45)61-53)56(44)60-49-22-9-6-19-41(49)46-32-37-15-4-5-16-38(37)33-50(46)60/h1-28,30-34H. The highest BCUT2D eigenvalue weighted by Crippen LogP contribution is 2.43. The molecule has 0 bridgehead atoms. The van der Waals surface area contributed by atoms with Crippen molar-refractivity contribution >= 4 is 93.7 Å². The molecule has 1 aliphatic heterocycles. The topological polar surface area (TPSA) is 55.9 Å². The number of furan rings is 2. The second kappa shape index (κ2) is 13.5. The van der Waals surface area contributed by atoms with Gasteiger partial charge < -0.3 is 13.4 Å². The summed E-state index contributed by atoms with van der Waals surface area (Å²) in [4.78, 5) is 10.9. The average molecular weight is 792 g/mol. The lowest BCUT2D eigenvalue weighted by Crippen LogP contribution is -2.05. The maximum absolute atomic E-state index is 6.61. The molecule has 0 fully saturated rings. The number of hydrogen-bond acceptors (Lipinski definition) is 4. The zero-order valence-electron chi connectivity index (χ0n) is 33.2. The van der Waals surface area contributed by atoms with Crippen molar-refractivity contribution in [2.24, 2.45) is 9.98 Å². The van der Waals surface area contributed by atoms with E-state index in [1.165, 1.54) is 21.5 Å². The molecule has 0 atom stereocenters. The van der Waals surface area contributed by atoms with Crippen LogP contribution < -0.4 is 0 Å². The van der Waals surface area contributed by atoms with Gasteiger partial charge in [0.15, 0.2) is 5.84 Å². The number of fused-ring (bicyclic) bond motifs is 10. The largest absolute Gasteiger partial charge is 0.456 e. The lowest BCUT2D eigenvalue weighted by molar-refractivity contribution is 0.668. The Hall–Kier alpha value is -8.50. The van der Waals surface area contributed by atoms with Crippen molar-refractivity contribution in [3.05, 3.63) is 223 Å². The summed E-state index contributed by atoms with van der Waals surface area (Å²) in [6, 6.07) is 67.7. The minimum absolute atomic E-state index is 0.579. The summed E-state index contributed by atoms with van der Waals surface area (Å²) in [5.74, 6) is 0.579. The van der Waals surface area contributed by atoms with Crippen LogP contribution in [-0.4, -0.2) is 16.1 Å². The second-order valence-electron chi connectivity index (χ2n) is 15.8. The molecule has 0 unspecified atom stereocenters. The fourth-order valence-electron chi connectivity index (χ4n) is 9.33. The molecule has 0 radical (unpaired) electrons. The monoisotopic (exact) mass is 791 g/mol. The van der Waals surface area contributed by atoms with Crippen LogP contribution in [0.25, 0.3) is 99.0 Å². The highest BCUT2D eigenvalue weighted by molar-refractivity contribution is 6.22. The molecule has 0 saturated carbocycles. The molecule has 5 heteroatoms. The third-order valence-electron chi connectivity index (χ3n) is 12.2. The van der Waals surface area contributed by atoms with Crippen molar-refractivity contribution < 1.29 is 8.83 Å². The van der Waals surface area contributed by atoms with Gasteiger partial charge in [0, 0.05) is 49.7 Å². The van der Waals surface area contributed by atoms with E-state index in [0.717, 1.165) is 94.1 Å². The molecule has 1 aliphatic rings. The third-order valence-corrected chi connectivity index (χ3v) is 12.2. The number of allylic oxidation sites excluding steroid dienone is 1. The second-order valence-corrected chi connectivity index (χ2v) is 15.8. The Labute approximate surface area is 355 Å². The number of benzene rings is 9. The summed E-state index contributed by atoms with van der Waals surface area (Å²) >= 11 is 0. The summed E-state index contributed by atoms with van der Waals surface area (Å²) in [7, 11) is 0. The first-order chi connectivity index (χ1) is 30.7. The van der Waals surface area contributed by atoms with Crippen LogP contribution in [0.4, 0.5) is 0 Å². The Morgan fingerprint density at radius 2 is 1.08 bits per heavy atom. The van der Waals surface area contributed by atoms with Crippen LogP contribution in [0.2, 0.25) is 0 Å². The van der Waals surface area contributed by atoms with Crippen LogP contribution in [0.3, 0.4) is 0 Å². The van der Waals surface area contributed by atoms with Crippen LogP contribution in [-0.2, 0) is 0 Å². The van der Waals surface area contributed by atoms with E-state index in [9.17, 15) is 0 Å². The molecular formula is C57H33N3O2. The molecule has 0 spiro atoms. The van der Waals surface area contributed by atoms with E-state index in [1.54, 1.807) is 0 Å². The maximum Gasteiger partial charge on any atom is 0.161 e. The normalized spacial score (nSPS) is 13.1. The number of aliphatic imine (C=N–C) groups is 2. The molecule has 13 rings (SSSR count). The first kappa shape index (κ1) is 34.4. The smallest absolute Gasteiger partial charge is 0.161 e. The highest BCUT2D eigenvalue weighted by Gasteiger charge is 2.24. The van der Waals surface area contributed by atoms with E-state index < -0.39 is 0 Å². The Balaban J connectivity index is 1.11. The summed E-state index contributed by atoms with van der Waals surface area (Å²) in [5.41, 5.74) is 16.4. The molecule has 0 saturated heterocycles. The van der Waals surface area contributed by atoms with Crippen LogP contribution in [0.5, 0.6) is 0 Å². The fourth-order valence-corrected chi connectivity index (χ4v) is 9.33. The number of nitrogens with zero attached hydrogens (tertiary/aromatic N) is 3. The van der Waals surface area contributed by atoms with Gasteiger partial charge >= 0.3 is 0 Å². The maximum atomic E-state index is 6.61. The average Bonchev–Trinajstić information content (AvgIpc) is 3.94. The molecule has 62 heavy (non-hydrogen) atoms. The first-order valence-electron chi connectivity index (χ1n) is 20.8. The lowest BCUT2D eigenvalue weighted by atomic mass is 10.0. The van der Waals surface area contributed by atoms with Crippen molar-refractivity contribution in [3.63, 3.8) is 0 Å². The number of para-hydroxylation sites is 3. The predicted octanol–water partition coefficient (Wildman–Crippen LogP) is 14.8. The summed E-state index contributed by atoms with van der Waals surface area (Å²) in [6.07, 6.45) is 1.97. The van der Waals surface area contributed by atoms with Crippen LogP contribution in [0, 0.1) is 0 Å². The SMILES string of the molecule is C1=CC(c2ccc3c(c2)oc2ccccc23)=NC(c2cccc(-c3ccccc3)c2)=NC=1c1ccc2oc3ccccc3c2c1-n1c2ccccc2c2cc3ccccc3cc21. The van der Waals surface area contributed by atoms with E-state index in [4.69, 9.17) is 18.8 Å². The summed E-state index contributed by atoms with van der Waals surface area (Å²) in [6.45, 7) is 0. The van der Waals surface area contributed by atoms with Crippen LogP contribution in [0.1, 0.15) is 16.7 Å². The number of rotatable bonds is 5. The van der Waals surface area contributed by atoms with Crippen molar-refractivity contribution in [2.45, 2.75) is 0 Å². The molecule has 12 aromatic rings. The highest BCUT2D eigenvalue weighted by atomic mass is 16.3. The van der Waals surface area contributed by atoms with E-state index in [1.807, 2.05) is 42.5 Å².